The fourth-order valence-electron chi connectivity index (χ4n) is 2.07. The molecule has 3 heteroatoms. The second-order valence-corrected chi connectivity index (χ2v) is 4.45. The molecule has 3 nitrogen and oxygen atoms in total. The van der Waals surface area contributed by atoms with Crippen molar-refractivity contribution >= 4 is 0 Å². The van der Waals surface area contributed by atoms with Crippen LogP contribution < -0.4 is 5.32 Å². The molecule has 0 spiro atoms. The average molecular weight is 242 g/mol. The smallest absolute Gasteiger partial charge is 0.120 e. The van der Waals surface area contributed by atoms with E-state index in [4.69, 9.17) is 0 Å². The predicted octanol–water partition coefficient (Wildman–Crippen LogP) is 3.20. The minimum Gasteiger partial charge on any atom is -0.508 e. The molecule has 2 unspecified atom stereocenters. The van der Waals surface area contributed by atoms with Gasteiger partial charge in [0.25, 0.3) is 0 Å². The summed E-state index contributed by atoms with van der Waals surface area (Å²) in [5.41, 5.74) is 2.10. The number of hydrogen-bond donors (Lipinski definition) is 2. The van der Waals surface area contributed by atoms with Gasteiger partial charge in [-0.05, 0) is 37.6 Å². The van der Waals surface area contributed by atoms with Gasteiger partial charge in [0, 0.05) is 30.0 Å². The lowest BCUT2D eigenvalue weighted by molar-refractivity contribution is 0.438. The molecule has 0 aliphatic heterocycles. The predicted molar refractivity (Wildman–Crippen MR) is 72.3 cm³/mol. The maximum absolute atomic E-state index is 9.81. The van der Waals surface area contributed by atoms with E-state index in [2.05, 4.69) is 17.2 Å². The van der Waals surface area contributed by atoms with Crippen molar-refractivity contribution in [1.29, 1.82) is 0 Å². The van der Waals surface area contributed by atoms with Gasteiger partial charge in [0.15, 0.2) is 0 Å². The number of aromatic nitrogens is 1. The summed E-state index contributed by atoms with van der Waals surface area (Å²) in [6.45, 7) is 4.15. The van der Waals surface area contributed by atoms with Gasteiger partial charge >= 0.3 is 0 Å². The summed E-state index contributed by atoms with van der Waals surface area (Å²) in [4.78, 5) is 4.01. The van der Waals surface area contributed by atoms with E-state index in [0.717, 1.165) is 5.56 Å². The van der Waals surface area contributed by atoms with E-state index >= 15 is 0 Å². The highest BCUT2D eigenvalue weighted by Gasteiger charge is 2.13. The molecule has 0 aliphatic rings. The summed E-state index contributed by atoms with van der Waals surface area (Å²) in [6.07, 6.45) is 3.58. The van der Waals surface area contributed by atoms with Gasteiger partial charge in [-0.25, -0.2) is 0 Å². The topological polar surface area (TPSA) is 45.1 Å². The number of nitrogens with zero attached hydrogens (tertiary/aromatic N) is 1. The van der Waals surface area contributed by atoms with Crippen molar-refractivity contribution in [1.82, 2.24) is 10.3 Å². The van der Waals surface area contributed by atoms with Crippen LogP contribution in [0.5, 0.6) is 5.75 Å². The quantitative estimate of drug-likeness (QED) is 0.865. The number of para-hydroxylation sites is 1. The molecular formula is C15H18N2O. The van der Waals surface area contributed by atoms with E-state index in [0.29, 0.717) is 5.75 Å². The molecule has 2 rings (SSSR count). The lowest BCUT2D eigenvalue weighted by Crippen LogP contribution is -2.22. The van der Waals surface area contributed by atoms with Crippen molar-refractivity contribution in [3.63, 3.8) is 0 Å². The van der Waals surface area contributed by atoms with Crippen LogP contribution >= 0.6 is 0 Å². The van der Waals surface area contributed by atoms with Crippen LogP contribution in [0.1, 0.15) is 37.1 Å². The van der Waals surface area contributed by atoms with E-state index in [1.807, 2.05) is 37.3 Å². The Morgan fingerprint density at radius 1 is 1.00 bits per heavy atom. The molecule has 2 aromatic rings. The maximum Gasteiger partial charge on any atom is 0.120 e. The maximum atomic E-state index is 9.81. The number of pyridine rings is 1. The molecule has 2 atom stereocenters. The van der Waals surface area contributed by atoms with Gasteiger partial charge in [-0.15, -0.1) is 0 Å². The fraction of sp³-hybridized carbons (Fsp3) is 0.267. The zero-order chi connectivity index (χ0) is 13.0. The van der Waals surface area contributed by atoms with Crippen LogP contribution in [0.3, 0.4) is 0 Å². The molecular weight excluding hydrogens is 224 g/mol. The highest BCUT2D eigenvalue weighted by Crippen LogP contribution is 2.25. The van der Waals surface area contributed by atoms with E-state index in [1.165, 1.54) is 5.56 Å². The number of benzene rings is 1. The van der Waals surface area contributed by atoms with Gasteiger partial charge in [0.05, 0.1) is 0 Å². The Morgan fingerprint density at radius 3 is 2.33 bits per heavy atom. The largest absolute Gasteiger partial charge is 0.508 e. The first-order chi connectivity index (χ1) is 8.68. The molecule has 18 heavy (non-hydrogen) atoms. The standard InChI is InChI=1S/C15H18N2O/c1-11(13-7-9-16-10-8-13)17-12(2)14-5-3-4-6-15(14)18/h3-12,17-18H,1-2H3. The molecule has 2 N–H and O–H groups in total. The minimum atomic E-state index is 0.0920. The summed E-state index contributed by atoms with van der Waals surface area (Å²) in [5.74, 6) is 0.333. The first kappa shape index (κ1) is 12.6. The summed E-state index contributed by atoms with van der Waals surface area (Å²) in [7, 11) is 0. The zero-order valence-electron chi connectivity index (χ0n) is 10.7. The van der Waals surface area contributed by atoms with Gasteiger partial charge in [0.2, 0.25) is 0 Å². The van der Waals surface area contributed by atoms with Crippen molar-refractivity contribution < 1.29 is 5.11 Å². The summed E-state index contributed by atoms with van der Waals surface area (Å²) in [6, 6.07) is 11.7. The molecule has 1 heterocycles. The van der Waals surface area contributed by atoms with E-state index in [1.54, 1.807) is 18.5 Å². The molecule has 0 saturated heterocycles. The van der Waals surface area contributed by atoms with Crippen molar-refractivity contribution in [2.45, 2.75) is 25.9 Å². The first-order valence-electron chi connectivity index (χ1n) is 6.12. The van der Waals surface area contributed by atoms with Gasteiger partial charge < -0.3 is 10.4 Å². The molecule has 0 fully saturated rings. The number of phenols is 1. The molecule has 1 aromatic heterocycles. The van der Waals surface area contributed by atoms with Crippen LogP contribution in [0.25, 0.3) is 0 Å². The first-order valence-corrected chi connectivity index (χ1v) is 6.12. The summed E-state index contributed by atoms with van der Waals surface area (Å²) < 4.78 is 0. The lowest BCUT2D eigenvalue weighted by Gasteiger charge is -2.21. The molecule has 94 valence electrons. The fourth-order valence-corrected chi connectivity index (χ4v) is 2.07. The number of rotatable bonds is 4. The SMILES string of the molecule is CC(NC(C)c1ccccc1O)c1ccncc1. The average Bonchev–Trinajstić information content (AvgIpc) is 2.40. The van der Waals surface area contributed by atoms with Gasteiger partial charge in [-0.2, -0.15) is 0 Å². The Kier molecular flexibility index (Phi) is 3.95. The van der Waals surface area contributed by atoms with E-state index in [-0.39, 0.29) is 12.1 Å². The van der Waals surface area contributed by atoms with Gasteiger partial charge in [0.1, 0.15) is 5.75 Å². The molecule has 1 aromatic carbocycles. The molecule has 0 bridgehead atoms. The van der Waals surface area contributed by atoms with Crippen LogP contribution in [0.4, 0.5) is 0 Å². The Morgan fingerprint density at radius 2 is 1.67 bits per heavy atom. The molecule has 0 saturated carbocycles. The van der Waals surface area contributed by atoms with Crippen LogP contribution in [0, 0.1) is 0 Å². The second-order valence-electron chi connectivity index (χ2n) is 4.45. The van der Waals surface area contributed by atoms with E-state index < -0.39 is 0 Å². The van der Waals surface area contributed by atoms with Crippen molar-refractivity contribution in [3.05, 3.63) is 59.9 Å². The Hall–Kier alpha value is -1.87. The lowest BCUT2D eigenvalue weighted by atomic mass is 10.0. The van der Waals surface area contributed by atoms with E-state index in [9.17, 15) is 5.11 Å². The zero-order valence-corrected chi connectivity index (χ0v) is 10.7. The highest BCUT2D eigenvalue weighted by atomic mass is 16.3. The molecule has 0 radical (unpaired) electrons. The summed E-state index contributed by atoms with van der Waals surface area (Å²) >= 11 is 0. The third kappa shape index (κ3) is 2.87. The van der Waals surface area contributed by atoms with Crippen LogP contribution in [0.15, 0.2) is 48.8 Å². The van der Waals surface area contributed by atoms with Crippen molar-refractivity contribution in [2.75, 3.05) is 0 Å². The highest BCUT2D eigenvalue weighted by molar-refractivity contribution is 5.34. The minimum absolute atomic E-state index is 0.0920. The van der Waals surface area contributed by atoms with Crippen LogP contribution in [-0.2, 0) is 0 Å². The Labute approximate surface area is 108 Å². The number of aromatic hydroxyl groups is 1. The van der Waals surface area contributed by atoms with Crippen LogP contribution in [-0.4, -0.2) is 10.1 Å². The third-order valence-electron chi connectivity index (χ3n) is 3.11. The Bertz CT molecular complexity index is 499. The van der Waals surface area contributed by atoms with Gasteiger partial charge in [-0.1, -0.05) is 18.2 Å². The Balaban J connectivity index is 2.08. The number of hydrogen-bond acceptors (Lipinski definition) is 3. The summed E-state index contributed by atoms with van der Waals surface area (Å²) in [5, 5.41) is 13.3. The normalized spacial score (nSPS) is 14.1. The second kappa shape index (κ2) is 5.65. The molecule has 0 amide bonds. The monoisotopic (exact) mass is 242 g/mol. The van der Waals surface area contributed by atoms with Crippen molar-refractivity contribution in [3.8, 4) is 5.75 Å². The third-order valence-corrected chi connectivity index (χ3v) is 3.11. The van der Waals surface area contributed by atoms with Crippen LogP contribution in [0.2, 0.25) is 0 Å². The number of nitrogens with one attached hydrogen (secondary N) is 1. The van der Waals surface area contributed by atoms with Gasteiger partial charge in [-0.3, -0.25) is 4.98 Å². The van der Waals surface area contributed by atoms with Crippen molar-refractivity contribution in [2.24, 2.45) is 0 Å². The molecule has 0 aliphatic carbocycles. The number of phenolic OH excluding ortho intramolecular Hbond substituents is 1.